The first kappa shape index (κ1) is 20.4. The van der Waals surface area contributed by atoms with Gasteiger partial charge < -0.3 is 9.80 Å². The third-order valence-electron chi connectivity index (χ3n) is 4.66. The number of carbonyl (C=O) groups is 1. The first-order valence-electron chi connectivity index (χ1n) is 8.87. The highest BCUT2D eigenvalue weighted by Crippen LogP contribution is 2.29. The Morgan fingerprint density at radius 3 is 2.17 bits per heavy atom. The molecule has 0 aromatic heterocycles. The van der Waals surface area contributed by atoms with Crippen molar-refractivity contribution in [2.45, 2.75) is 6.18 Å². The van der Waals surface area contributed by atoms with Crippen LogP contribution in [0.5, 0.6) is 0 Å². The fraction of sp³-hybridized carbons (Fsp3) is 0.238. The molecule has 2 aromatic carbocycles. The summed E-state index contributed by atoms with van der Waals surface area (Å²) >= 11 is 0. The zero-order chi connectivity index (χ0) is 21.0. The van der Waals surface area contributed by atoms with Gasteiger partial charge in [0.25, 0.3) is 5.91 Å². The number of rotatable bonds is 3. The monoisotopic (exact) mass is 403 g/mol. The van der Waals surface area contributed by atoms with Gasteiger partial charge in [0.2, 0.25) is 0 Å². The van der Waals surface area contributed by atoms with Crippen molar-refractivity contribution >= 4 is 17.7 Å². The van der Waals surface area contributed by atoms with E-state index in [1.54, 1.807) is 18.2 Å². The number of para-hydroxylation sites is 1. The van der Waals surface area contributed by atoms with Gasteiger partial charge in [-0.2, -0.15) is 18.4 Å². The molecule has 4 nitrogen and oxygen atoms in total. The van der Waals surface area contributed by atoms with Gasteiger partial charge in [-0.25, -0.2) is 4.39 Å². The van der Waals surface area contributed by atoms with Gasteiger partial charge in [0, 0.05) is 26.2 Å². The lowest BCUT2D eigenvalue weighted by Crippen LogP contribution is -2.49. The van der Waals surface area contributed by atoms with Crippen LogP contribution in [0.1, 0.15) is 11.1 Å². The van der Waals surface area contributed by atoms with Crippen LogP contribution in [0.25, 0.3) is 6.08 Å². The number of nitriles is 1. The second-order valence-corrected chi connectivity index (χ2v) is 6.52. The molecule has 150 valence electrons. The van der Waals surface area contributed by atoms with Crippen LogP contribution in [0.15, 0.2) is 54.1 Å². The molecular weight excluding hydrogens is 386 g/mol. The summed E-state index contributed by atoms with van der Waals surface area (Å²) in [5.41, 5.74) is -0.179. The number of nitrogens with zero attached hydrogens (tertiary/aromatic N) is 3. The number of carbonyl (C=O) groups excluding carboxylic acids is 1. The molecule has 0 radical (unpaired) electrons. The van der Waals surface area contributed by atoms with Gasteiger partial charge in [-0.3, -0.25) is 4.79 Å². The number of halogens is 4. The summed E-state index contributed by atoms with van der Waals surface area (Å²) in [6, 6.07) is 12.4. The van der Waals surface area contributed by atoms with Gasteiger partial charge in [-0.1, -0.05) is 24.3 Å². The Bertz CT molecular complexity index is 953. The highest BCUT2D eigenvalue weighted by molar-refractivity contribution is 6.01. The molecule has 0 unspecified atom stereocenters. The van der Waals surface area contributed by atoms with E-state index >= 15 is 0 Å². The molecule has 1 heterocycles. The van der Waals surface area contributed by atoms with Crippen LogP contribution in [0, 0.1) is 17.1 Å². The van der Waals surface area contributed by atoms with E-state index in [0.717, 1.165) is 12.1 Å². The van der Waals surface area contributed by atoms with Gasteiger partial charge in [-0.15, -0.1) is 0 Å². The number of alkyl halides is 3. The van der Waals surface area contributed by atoms with Crippen LogP contribution in [0.4, 0.5) is 23.2 Å². The Morgan fingerprint density at radius 2 is 1.62 bits per heavy atom. The second kappa shape index (κ2) is 8.35. The lowest BCUT2D eigenvalue weighted by molar-refractivity contribution is -0.137. The molecule has 0 spiro atoms. The summed E-state index contributed by atoms with van der Waals surface area (Å²) in [4.78, 5) is 15.9. The van der Waals surface area contributed by atoms with Gasteiger partial charge in [0.15, 0.2) is 0 Å². The van der Waals surface area contributed by atoms with E-state index < -0.39 is 17.6 Å². The number of anilines is 1. The Labute approximate surface area is 165 Å². The molecule has 1 fully saturated rings. The summed E-state index contributed by atoms with van der Waals surface area (Å²) in [7, 11) is 0. The lowest BCUT2D eigenvalue weighted by atomic mass is 10.1. The van der Waals surface area contributed by atoms with Gasteiger partial charge in [-0.05, 0) is 35.9 Å². The van der Waals surface area contributed by atoms with Crippen LogP contribution in [-0.4, -0.2) is 37.0 Å². The number of benzene rings is 2. The number of amides is 1. The average molecular weight is 403 g/mol. The molecule has 0 bridgehead atoms. The molecule has 1 aliphatic rings. The predicted octanol–water partition coefficient (Wildman–Crippen LogP) is 4.10. The van der Waals surface area contributed by atoms with Crippen molar-refractivity contribution in [2.24, 2.45) is 0 Å². The summed E-state index contributed by atoms with van der Waals surface area (Å²) in [5, 5.41) is 9.33. The fourth-order valence-corrected chi connectivity index (χ4v) is 3.11. The molecule has 3 rings (SSSR count). The summed E-state index contributed by atoms with van der Waals surface area (Å²) in [5.74, 6) is -0.840. The van der Waals surface area contributed by atoms with E-state index in [1.165, 1.54) is 29.2 Å². The number of hydrogen-bond donors (Lipinski definition) is 0. The molecule has 1 saturated heterocycles. The molecule has 1 aliphatic heterocycles. The highest BCUT2D eigenvalue weighted by atomic mass is 19.4. The minimum atomic E-state index is -4.45. The fourth-order valence-electron chi connectivity index (χ4n) is 3.11. The lowest BCUT2D eigenvalue weighted by Gasteiger charge is -2.36. The van der Waals surface area contributed by atoms with Crippen molar-refractivity contribution in [3.8, 4) is 6.07 Å². The zero-order valence-electron chi connectivity index (χ0n) is 15.3. The van der Waals surface area contributed by atoms with Crippen molar-refractivity contribution in [2.75, 3.05) is 31.1 Å². The van der Waals surface area contributed by atoms with E-state index in [1.807, 2.05) is 11.0 Å². The molecular formula is C21H17F4N3O. The standard InChI is InChI=1S/C21H17F4N3O/c22-18-3-1-2-4-19(18)27-9-11-28(12-10-27)20(29)16(14-26)13-15-5-7-17(8-6-15)21(23,24)25/h1-8,13H,9-12H2/b16-13+. The molecule has 0 saturated carbocycles. The molecule has 0 aliphatic carbocycles. The summed E-state index contributed by atoms with van der Waals surface area (Å²) in [6.45, 7) is 1.43. The van der Waals surface area contributed by atoms with E-state index in [4.69, 9.17) is 0 Å². The molecule has 0 N–H and O–H groups in total. The van der Waals surface area contributed by atoms with E-state index in [2.05, 4.69) is 0 Å². The summed E-state index contributed by atoms with van der Waals surface area (Å²) < 4.78 is 51.8. The Kier molecular flexibility index (Phi) is 5.87. The minimum absolute atomic E-state index is 0.163. The normalized spacial score (nSPS) is 15.2. The largest absolute Gasteiger partial charge is 0.416 e. The van der Waals surface area contributed by atoms with Gasteiger partial charge >= 0.3 is 6.18 Å². The third-order valence-corrected chi connectivity index (χ3v) is 4.66. The first-order chi connectivity index (χ1) is 13.8. The Hall–Kier alpha value is -3.34. The van der Waals surface area contributed by atoms with Crippen molar-refractivity contribution in [3.05, 3.63) is 71.0 Å². The quantitative estimate of drug-likeness (QED) is 0.440. The number of hydrogen-bond acceptors (Lipinski definition) is 3. The molecule has 1 amide bonds. The van der Waals surface area contributed by atoms with Crippen LogP contribution in [0.3, 0.4) is 0 Å². The maximum atomic E-state index is 13.9. The molecule has 29 heavy (non-hydrogen) atoms. The van der Waals surface area contributed by atoms with Crippen LogP contribution < -0.4 is 4.90 Å². The van der Waals surface area contributed by atoms with E-state index in [0.29, 0.717) is 37.4 Å². The first-order valence-corrected chi connectivity index (χ1v) is 8.87. The second-order valence-electron chi connectivity index (χ2n) is 6.52. The van der Waals surface area contributed by atoms with Gasteiger partial charge in [0.1, 0.15) is 17.5 Å². The van der Waals surface area contributed by atoms with Crippen molar-refractivity contribution in [1.82, 2.24) is 4.90 Å². The SMILES string of the molecule is N#C/C(=C\c1ccc(C(F)(F)F)cc1)C(=O)N1CCN(c2ccccc2F)CC1. The highest BCUT2D eigenvalue weighted by Gasteiger charge is 2.30. The minimum Gasteiger partial charge on any atom is -0.366 e. The van der Waals surface area contributed by atoms with Crippen molar-refractivity contribution < 1.29 is 22.4 Å². The molecule has 2 aromatic rings. The van der Waals surface area contributed by atoms with E-state index in [9.17, 15) is 27.6 Å². The Balaban J connectivity index is 1.68. The topological polar surface area (TPSA) is 47.3 Å². The third kappa shape index (κ3) is 4.74. The smallest absolute Gasteiger partial charge is 0.366 e. The van der Waals surface area contributed by atoms with Gasteiger partial charge in [0.05, 0.1) is 11.3 Å². The summed E-state index contributed by atoms with van der Waals surface area (Å²) in [6.07, 6.45) is -3.18. The molecule has 0 atom stereocenters. The number of piperazine rings is 1. The molecule has 8 heteroatoms. The van der Waals surface area contributed by atoms with Crippen LogP contribution >= 0.6 is 0 Å². The maximum Gasteiger partial charge on any atom is 0.416 e. The Morgan fingerprint density at radius 1 is 1.00 bits per heavy atom. The maximum absolute atomic E-state index is 13.9. The zero-order valence-corrected chi connectivity index (χ0v) is 15.3. The van der Waals surface area contributed by atoms with Crippen molar-refractivity contribution in [1.29, 1.82) is 5.26 Å². The van der Waals surface area contributed by atoms with Crippen LogP contribution in [-0.2, 0) is 11.0 Å². The average Bonchev–Trinajstić information content (AvgIpc) is 2.72. The van der Waals surface area contributed by atoms with Crippen LogP contribution in [0.2, 0.25) is 0 Å². The van der Waals surface area contributed by atoms with E-state index in [-0.39, 0.29) is 11.4 Å². The van der Waals surface area contributed by atoms with Crippen molar-refractivity contribution in [3.63, 3.8) is 0 Å². The predicted molar refractivity (Wildman–Crippen MR) is 100 cm³/mol.